The van der Waals surface area contributed by atoms with Gasteiger partial charge in [-0.05, 0) is 20.8 Å². The molecule has 0 radical (unpaired) electrons. The predicted molar refractivity (Wildman–Crippen MR) is 75.9 cm³/mol. The molecule has 0 bridgehead atoms. The lowest BCUT2D eigenvalue weighted by Crippen LogP contribution is -2.32. The van der Waals surface area contributed by atoms with Gasteiger partial charge in [0.25, 0.3) is 5.56 Å². The molecule has 1 N–H and O–H groups in total. The number of aryl methyl sites for hydroxylation is 3. The highest BCUT2D eigenvalue weighted by Crippen LogP contribution is 2.12. The number of hydrogen-bond donors (Lipinski definition) is 1. The lowest BCUT2D eigenvalue weighted by Gasteiger charge is -2.07. The first-order valence-electron chi connectivity index (χ1n) is 6.68. The fourth-order valence-electron chi connectivity index (χ4n) is 2.01. The first-order chi connectivity index (χ1) is 9.99. The van der Waals surface area contributed by atoms with Crippen molar-refractivity contribution in [3.63, 3.8) is 0 Å². The summed E-state index contributed by atoms with van der Waals surface area (Å²) in [5.41, 5.74) is 2.02. The Balaban J connectivity index is 1.88. The van der Waals surface area contributed by atoms with Crippen LogP contribution in [0.2, 0.25) is 0 Å². The maximum Gasteiger partial charge on any atom is 0.256 e. The van der Waals surface area contributed by atoms with E-state index in [1.165, 1.54) is 17.1 Å². The SMILES string of the molecule is Cc1noc(C)c1CC(=O)NCCn1cncc(C)c1=O. The molecule has 2 aromatic rings. The van der Waals surface area contributed by atoms with Crippen LogP contribution in [0.25, 0.3) is 0 Å². The largest absolute Gasteiger partial charge is 0.361 e. The van der Waals surface area contributed by atoms with Crippen LogP contribution in [-0.4, -0.2) is 27.2 Å². The molecule has 0 aliphatic heterocycles. The molecule has 2 aromatic heterocycles. The van der Waals surface area contributed by atoms with Crippen molar-refractivity contribution in [1.82, 2.24) is 20.0 Å². The van der Waals surface area contributed by atoms with Gasteiger partial charge in [0.2, 0.25) is 5.91 Å². The Morgan fingerprint density at radius 3 is 2.81 bits per heavy atom. The molecule has 21 heavy (non-hydrogen) atoms. The zero-order chi connectivity index (χ0) is 15.4. The minimum atomic E-state index is -0.127. The molecule has 0 spiro atoms. The standard InChI is InChI=1S/C14H18N4O3/c1-9-7-15-8-18(14(9)20)5-4-16-13(19)6-12-10(2)17-21-11(12)3/h7-8H,4-6H2,1-3H3,(H,16,19). The molecule has 0 saturated carbocycles. The quantitative estimate of drug-likeness (QED) is 0.866. The Morgan fingerprint density at radius 1 is 1.38 bits per heavy atom. The van der Waals surface area contributed by atoms with Crippen molar-refractivity contribution in [2.45, 2.75) is 33.7 Å². The average Bonchev–Trinajstić information content (AvgIpc) is 2.75. The number of rotatable bonds is 5. The smallest absolute Gasteiger partial charge is 0.256 e. The number of amides is 1. The van der Waals surface area contributed by atoms with Gasteiger partial charge in [0.15, 0.2) is 0 Å². The highest BCUT2D eigenvalue weighted by atomic mass is 16.5. The molecular weight excluding hydrogens is 272 g/mol. The van der Waals surface area contributed by atoms with Gasteiger partial charge in [-0.3, -0.25) is 14.2 Å². The van der Waals surface area contributed by atoms with Crippen LogP contribution < -0.4 is 10.9 Å². The second-order valence-electron chi connectivity index (χ2n) is 4.90. The predicted octanol–water partition coefficient (Wildman–Crippen LogP) is 0.515. The average molecular weight is 290 g/mol. The summed E-state index contributed by atoms with van der Waals surface area (Å²) in [5.74, 6) is 0.528. The van der Waals surface area contributed by atoms with Gasteiger partial charge in [0.05, 0.1) is 18.4 Å². The minimum Gasteiger partial charge on any atom is -0.361 e. The topological polar surface area (TPSA) is 90.0 Å². The van der Waals surface area contributed by atoms with Gasteiger partial charge in [-0.15, -0.1) is 0 Å². The summed E-state index contributed by atoms with van der Waals surface area (Å²) in [6.07, 6.45) is 3.22. The summed E-state index contributed by atoms with van der Waals surface area (Å²) in [6.45, 7) is 6.05. The van der Waals surface area contributed by atoms with E-state index in [-0.39, 0.29) is 17.9 Å². The molecule has 0 saturated heterocycles. The van der Waals surface area contributed by atoms with E-state index in [9.17, 15) is 9.59 Å². The van der Waals surface area contributed by atoms with Gasteiger partial charge in [-0.1, -0.05) is 5.16 Å². The van der Waals surface area contributed by atoms with E-state index in [1.807, 2.05) is 0 Å². The number of carbonyl (C=O) groups excluding carboxylic acids is 1. The number of nitrogens with zero attached hydrogens (tertiary/aromatic N) is 3. The third kappa shape index (κ3) is 3.56. The van der Waals surface area contributed by atoms with Crippen LogP contribution in [0, 0.1) is 20.8 Å². The number of aromatic nitrogens is 3. The van der Waals surface area contributed by atoms with Crippen molar-refractivity contribution in [1.29, 1.82) is 0 Å². The number of carbonyl (C=O) groups is 1. The van der Waals surface area contributed by atoms with Crippen molar-refractivity contribution in [2.24, 2.45) is 0 Å². The fraction of sp³-hybridized carbons (Fsp3) is 0.429. The van der Waals surface area contributed by atoms with Crippen LogP contribution in [0.1, 0.15) is 22.6 Å². The third-order valence-corrected chi connectivity index (χ3v) is 3.27. The Morgan fingerprint density at radius 2 is 2.14 bits per heavy atom. The summed E-state index contributed by atoms with van der Waals surface area (Å²) in [5, 5.41) is 6.58. The molecule has 0 unspecified atom stereocenters. The van der Waals surface area contributed by atoms with Crippen molar-refractivity contribution >= 4 is 5.91 Å². The third-order valence-electron chi connectivity index (χ3n) is 3.27. The highest BCUT2D eigenvalue weighted by molar-refractivity contribution is 5.78. The van der Waals surface area contributed by atoms with Crippen molar-refractivity contribution < 1.29 is 9.32 Å². The second kappa shape index (κ2) is 6.34. The Labute approximate surface area is 122 Å². The van der Waals surface area contributed by atoms with E-state index >= 15 is 0 Å². The number of nitrogens with one attached hydrogen (secondary N) is 1. The number of hydrogen-bond acceptors (Lipinski definition) is 5. The molecule has 0 atom stereocenters. The maximum atomic E-state index is 11.9. The molecule has 2 rings (SSSR count). The van der Waals surface area contributed by atoms with Crippen molar-refractivity contribution in [3.05, 3.63) is 45.5 Å². The van der Waals surface area contributed by atoms with Crippen LogP contribution in [0.5, 0.6) is 0 Å². The van der Waals surface area contributed by atoms with E-state index < -0.39 is 0 Å². The van der Waals surface area contributed by atoms with Crippen LogP contribution in [-0.2, 0) is 17.8 Å². The van der Waals surface area contributed by atoms with Crippen molar-refractivity contribution in [3.8, 4) is 0 Å². The van der Waals surface area contributed by atoms with Gasteiger partial charge in [-0.25, -0.2) is 4.98 Å². The Hall–Kier alpha value is -2.44. The van der Waals surface area contributed by atoms with E-state index in [4.69, 9.17) is 4.52 Å². The van der Waals surface area contributed by atoms with Gasteiger partial charge >= 0.3 is 0 Å². The molecule has 0 aliphatic rings. The maximum absolute atomic E-state index is 11.9. The zero-order valence-corrected chi connectivity index (χ0v) is 12.3. The van der Waals surface area contributed by atoms with Crippen LogP contribution >= 0.6 is 0 Å². The van der Waals surface area contributed by atoms with Crippen LogP contribution in [0.3, 0.4) is 0 Å². The van der Waals surface area contributed by atoms with Crippen LogP contribution in [0.4, 0.5) is 0 Å². The van der Waals surface area contributed by atoms with E-state index in [2.05, 4.69) is 15.5 Å². The molecule has 7 nitrogen and oxygen atoms in total. The van der Waals surface area contributed by atoms with Gasteiger partial charge in [0, 0.05) is 30.4 Å². The van der Waals surface area contributed by atoms with Gasteiger partial charge in [0.1, 0.15) is 5.76 Å². The van der Waals surface area contributed by atoms with E-state index in [1.54, 1.807) is 20.8 Å². The normalized spacial score (nSPS) is 10.6. The molecule has 1 amide bonds. The minimum absolute atomic E-state index is 0.0926. The second-order valence-corrected chi connectivity index (χ2v) is 4.90. The summed E-state index contributed by atoms with van der Waals surface area (Å²) in [4.78, 5) is 27.6. The van der Waals surface area contributed by atoms with E-state index in [0.29, 0.717) is 24.4 Å². The van der Waals surface area contributed by atoms with Crippen LogP contribution in [0.15, 0.2) is 21.8 Å². The van der Waals surface area contributed by atoms with Crippen molar-refractivity contribution in [2.75, 3.05) is 6.54 Å². The molecule has 2 heterocycles. The lowest BCUT2D eigenvalue weighted by atomic mass is 10.1. The summed E-state index contributed by atoms with van der Waals surface area (Å²) in [7, 11) is 0. The van der Waals surface area contributed by atoms with E-state index in [0.717, 1.165) is 11.3 Å². The monoisotopic (exact) mass is 290 g/mol. The zero-order valence-electron chi connectivity index (χ0n) is 12.3. The molecule has 7 heteroatoms. The molecular formula is C14H18N4O3. The molecule has 0 aliphatic carbocycles. The summed E-state index contributed by atoms with van der Waals surface area (Å²) >= 11 is 0. The first-order valence-corrected chi connectivity index (χ1v) is 6.68. The fourth-order valence-corrected chi connectivity index (χ4v) is 2.01. The lowest BCUT2D eigenvalue weighted by molar-refractivity contribution is -0.120. The Bertz CT molecular complexity index is 683. The highest BCUT2D eigenvalue weighted by Gasteiger charge is 2.13. The Kier molecular flexibility index (Phi) is 4.52. The van der Waals surface area contributed by atoms with Gasteiger partial charge < -0.3 is 9.84 Å². The summed E-state index contributed by atoms with van der Waals surface area (Å²) < 4.78 is 6.49. The molecule has 0 aromatic carbocycles. The molecule has 112 valence electrons. The molecule has 0 fully saturated rings. The van der Waals surface area contributed by atoms with Gasteiger partial charge in [-0.2, -0.15) is 0 Å². The first kappa shape index (κ1) is 15.0. The summed E-state index contributed by atoms with van der Waals surface area (Å²) in [6, 6.07) is 0.